The summed E-state index contributed by atoms with van der Waals surface area (Å²) in [5, 5.41) is 0.923. The van der Waals surface area contributed by atoms with Gasteiger partial charge in [-0.2, -0.15) is 0 Å². The summed E-state index contributed by atoms with van der Waals surface area (Å²) >= 11 is 1.60. The first-order valence-corrected chi connectivity index (χ1v) is 5.28. The van der Waals surface area contributed by atoms with Crippen LogP contribution in [0.2, 0.25) is 0 Å². The summed E-state index contributed by atoms with van der Waals surface area (Å²) in [6.45, 7) is 4.23. The van der Waals surface area contributed by atoms with Crippen molar-refractivity contribution in [3.63, 3.8) is 0 Å². The number of aromatic nitrogens is 1. The van der Waals surface area contributed by atoms with Crippen LogP contribution in [-0.2, 0) is 9.53 Å². The molecule has 0 aliphatic rings. The minimum absolute atomic E-state index is 0.197. The zero-order valence-electron chi connectivity index (χ0n) is 8.32. The molecule has 0 unspecified atom stereocenters. The van der Waals surface area contributed by atoms with E-state index in [1.165, 1.54) is 4.88 Å². The summed E-state index contributed by atoms with van der Waals surface area (Å²) in [6.07, 6.45) is 5.74. The fourth-order valence-electron chi connectivity index (χ4n) is 0.925. The Morgan fingerprint density at radius 2 is 2.50 bits per heavy atom. The lowest BCUT2D eigenvalue weighted by molar-refractivity contribution is -0.142. The number of hydrogen-bond acceptors (Lipinski definition) is 4. The molecule has 0 aliphatic carbocycles. The molecule has 0 amide bonds. The highest BCUT2D eigenvalue weighted by atomic mass is 32.1. The molecule has 1 aromatic heterocycles. The summed E-state index contributed by atoms with van der Waals surface area (Å²) in [5.41, 5.74) is 0. The average Bonchev–Trinajstić information content (AvgIpc) is 2.52. The first kappa shape index (κ1) is 10.9. The van der Waals surface area contributed by atoms with Crippen molar-refractivity contribution in [3.05, 3.63) is 22.2 Å². The molecule has 0 atom stereocenters. The SMILES string of the molecule is CCOC(=O)CC=Cc1ncc(C)s1. The quantitative estimate of drug-likeness (QED) is 0.718. The van der Waals surface area contributed by atoms with Gasteiger partial charge in [-0.1, -0.05) is 6.08 Å². The maximum Gasteiger partial charge on any atom is 0.309 e. The Bertz CT molecular complexity index is 331. The number of hydrogen-bond donors (Lipinski definition) is 0. The molecule has 0 N–H and O–H groups in total. The standard InChI is InChI=1S/C10H13NO2S/c1-3-13-10(12)6-4-5-9-11-7-8(2)14-9/h4-5,7H,3,6H2,1-2H3. The van der Waals surface area contributed by atoms with Gasteiger partial charge in [0.15, 0.2) is 0 Å². The smallest absolute Gasteiger partial charge is 0.309 e. The van der Waals surface area contributed by atoms with Crippen LogP contribution in [0.4, 0.5) is 0 Å². The van der Waals surface area contributed by atoms with Gasteiger partial charge in [-0.05, 0) is 19.9 Å². The van der Waals surface area contributed by atoms with Gasteiger partial charge in [-0.3, -0.25) is 4.79 Å². The number of carbonyl (C=O) groups is 1. The van der Waals surface area contributed by atoms with Crippen LogP contribution in [0.3, 0.4) is 0 Å². The van der Waals surface area contributed by atoms with E-state index in [4.69, 9.17) is 4.74 Å². The molecule has 1 aromatic rings. The van der Waals surface area contributed by atoms with E-state index in [2.05, 4.69) is 4.98 Å². The molecule has 0 radical (unpaired) electrons. The fourth-order valence-corrected chi connectivity index (χ4v) is 1.63. The largest absolute Gasteiger partial charge is 0.466 e. The minimum Gasteiger partial charge on any atom is -0.466 e. The Morgan fingerprint density at radius 3 is 3.07 bits per heavy atom. The maximum atomic E-state index is 10.9. The lowest BCUT2D eigenvalue weighted by Gasteiger charge is -1.95. The van der Waals surface area contributed by atoms with Crippen molar-refractivity contribution in [1.82, 2.24) is 4.98 Å². The van der Waals surface area contributed by atoms with Crippen LogP contribution in [-0.4, -0.2) is 17.6 Å². The summed E-state index contributed by atoms with van der Waals surface area (Å²) in [5.74, 6) is -0.197. The van der Waals surface area contributed by atoms with Gasteiger partial charge in [0.05, 0.1) is 13.0 Å². The van der Waals surface area contributed by atoms with E-state index in [1.807, 2.05) is 19.2 Å². The molecule has 0 aromatic carbocycles. The van der Waals surface area contributed by atoms with Gasteiger partial charge >= 0.3 is 5.97 Å². The first-order valence-electron chi connectivity index (χ1n) is 4.47. The third-order valence-electron chi connectivity index (χ3n) is 1.49. The van der Waals surface area contributed by atoms with E-state index in [0.717, 1.165) is 5.01 Å². The van der Waals surface area contributed by atoms with E-state index in [1.54, 1.807) is 24.3 Å². The van der Waals surface area contributed by atoms with Crippen molar-refractivity contribution in [1.29, 1.82) is 0 Å². The van der Waals surface area contributed by atoms with E-state index in [9.17, 15) is 4.79 Å². The third-order valence-corrected chi connectivity index (χ3v) is 2.37. The molecule has 4 heteroatoms. The molecular formula is C10H13NO2S. The second kappa shape index (κ2) is 5.54. The lowest BCUT2D eigenvalue weighted by atomic mass is 10.4. The summed E-state index contributed by atoms with van der Waals surface area (Å²) in [7, 11) is 0. The van der Waals surface area contributed by atoms with Gasteiger partial charge in [0.2, 0.25) is 0 Å². The molecule has 14 heavy (non-hydrogen) atoms. The molecule has 1 heterocycles. The summed E-state index contributed by atoms with van der Waals surface area (Å²) < 4.78 is 4.78. The number of thiazole rings is 1. The van der Waals surface area contributed by atoms with Crippen molar-refractivity contribution in [2.75, 3.05) is 6.61 Å². The van der Waals surface area contributed by atoms with E-state index in [-0.39, 0.29) is 5.97 Å². The van der Waals surface area contributed by atoms with Gasteiger partial charge in [-0.15, -0.1) is 11.3 Å². The predicted octanol–water partition coefficient (Wildman–Crippen LogP) is 2.42. The molecule has 0 fully saturated rings. The van der Waals surface area contributed by atoms with Crippen molar-refractivity contribution >= 4 is 23.4 Å². The average molecular weight is 211 g/mol. The fraction of sp³-hybridized carbons (Fsp3) is 0.400. The minimum atomic E-state index is -0.197. The number of nitrogens with zero attached hydrogens (tertiary/aromatic N) is 1. The zero-order valence-corrected chi connectivity index (χ0v) is 9.13. The van der Waals surface area contributed by atoms with Gasteiger partial charge in [0.25, 0.3) is 0 Å². The summed E-state index contributed by atoms with van der Waals surface area (Å²) in [4.78, 5) is 16.3. The van der Waals surface area contributed by atoms with Crippen molar-refractivity contribution in [2.24, 2.45) is 0 Å². The van der Waals surface area contributed by atoms with Gasteiger partial charge in [-0.25, -0.2) is 4.98 Å². The van der Waals surface area contributed by atoms with E-state index in [0.29, 0.717) is 13.0 Å². The molecule has 3 nitrogen and oxygen atoms in total. The van der Waals surface area contributed by atoms with Gasteiger partial charge in [0, 0.05) is 11.1 Å². The van der Waals surface area contributed by atoms with Crippen LogP contribution in [0, 0.1) is 6.92 Å². The predicted molar refractivity (Wildman–Crippen MR) is 57.1 cm³/mol. The van der Waals surface area contributed by atoms with E-state index >= 15 is 0 Å². The molecule has 0 saturated carbocycles. The monoisotopic (exact) mass is 211 g/mol. The highest BCUT2D eigenvalue weighted by Gasteiger charge is 1.97. The highest BCUT2D eigenvalue weighted by Crippen LogP contribution is 2.12. The second-order valence-electron chi connectivity index (χ2n) is 2.72. The maximum absolute atomic E-state index is 10.9. The van der Waals surface area contributed by atoms with Gasteiger partial charge in [0.1, 0.15) is 5.01 Å². The Kier molecular flexibility index (Phi) is 4.32. The molecule has 1 rings (SSSR count). The number of aryl methyl sites for hydroxylation is 1. The van der Waals surface area contributed by atoms with Crippen LogP contribution in [0.15, 0.2) is 12.3 Å². The number of rotatable bonds is 4. The Morgan fingerprint density at radius 1 is 1.71 bits per heavy atom. The Hall–Kier alpha value is -1.16. The van der Waals surface area contributed by atoms with Crippen molar-refractivity contribution in [2.45, 2.75) is 20.3 Å². The molecule has 0 spiro atoms. The first-order chi connectivity index (χ1) is 6.72. The van der Waals surface area contributed by atoms with Crippen LogP contribution < -0.4 is 0 Å². The summed E-state index contributed by atoms with van der Waals surface area (Å²) in [6, 6.07) is 0. The van der Waals surface area contributed by atoms with Crippen molar-refractivity contribution in [3.8, 4) is 0 Å². The number of esters is 1. The lowest BCUT2D eigenvalue weighted by Crippen LogP contribution is -2.01. The third kappa shape index (κ3) is 3.70. The van der Waals surface area contributed by atoms with Crippen molar-refractivity contribution < 1.29 is 9.53 Å². The van der Waals surface area contributed by atoms with Crippen LogP contribution in [0.5, 0.6) is 0 Å². The van der Waals surface area contributed by atoms with Crippen LogP contribution >= 0.6 is 11.3 Å². The topological polar surface area (TPSA) is 39.2 Å². The Labute approximate surface area is 87.4 Å². The second-order valence-corrected chi connectivity index (χ2v) is 3.99. The van der Waals surface area contributed by atoms with Crippen LogP contribution in [0.1, 0.15) is 23.2 Å². The number of ether oxygens (including phenoxy) is 1. The molecule has 0 bridgehead atoms. The van der Waals surface area contributed by atoms with Crippen LogP contribution in [0.25, 0.3) is 6.08 Å². The van der Waals surface area contributed by atoms with E-state index < -0.39 is 0 Å². The highest BCUT2D eigenvalue weighted by molar-refractivity contribution is 7.12. The molecule has 0 saturated heterocycles. The molecule has 0 aliphatic heterocycles. The molecular weight excluding hydrogens is 198 g/mol. The number of carbonyl (C=O) groups excluding carboxylic acids is 1. The van der Waals surface area contributed by atoms with Gasteiger partial charge < -0.3 is 4.74 Å². The Balaban J connectivity index is 2.37. The molecule has 76 valence electrons. The zero-order chi connectivity index (χ0) is 10.4. The normalized spacial score (nSPS) is 10.7.